The van der Waals surface area contributed by atoms with Crippen molar-refractivity contribution in [2.24, 2.45) is 0 Å². The van der Waals surface area contributed by atoms with Gasteiger partial charge in [-0.05, 0) is 51.1 Å². The summed E-state index contributed by atoms with van der Waals surface area (Å²) in [5.41, 5.74) is 0.998. The maximum atomic E-state index is 5.76. The Bertz CT molecular complexity index is 549. The minimum absolute atomic E-state index is 0.0358. The first-order chi connectivity index (χ1) is 8.27. The summed E-state index contributed by atoms with van der Waals surface area (Å²) in [5, 5.41) is 5.56. The smallest absolute Gasteiger partial charge is 0.150 e. The zero-order chi connectivity index (χ0) is 11.8. The van der Waals surface area contributed by atoms with Crippen LogP contribution in [0.4, 0.5) is 0 Å². The molecule has 1 aliphatic rings. The van der Waals surface area contributed by atoms with Crippen molar-refractivity contribution in [3.8, 4) is 0 Å². The van der Waals surface area contributed by atoms with Crippen molar-refractivity contribution in [1.29, 1.82) is 0 Å². The Hall–Kier alpha value is -0.460. The predicted molar refractivity (Wildman–Crippen MR) is 71.8 cm³/mol. The van der Waals surface area contributed by atoms with E-state index < -0.39 is 0 Å². The van der Waals surface area contributed by atoms with E-state index >= 15 is 0 Å². The molecule has 3 heterocycles. The van der Waals surface area contributed by atoms with Gasteiger partial charge < -0.3 is 4.74 Å². The highest BCUT2D eigenvalue weighted by Crippen LogP contribution is 2.33. The van der Waals surface area contributed by atoms with Crippen LogP contribution in [0.25, 0.3) is 10.9 Å². The number of nitrogens with zero attached hydrogens (tertiary/aromatic N) is 3. The Morgan fingerprint density at radius 3 is 2.94 bits per heavy atom. The molecule has 0 bridgehead atoms. The number of rotatable bonds is 1. The molecule has 0 aromatic carbocycles. The fraction of sp³-hybridized carbons (Fsp3) is 0.455. The predicted octanol–water partition coefficient (Wildman–Crippen LogP) is 3.66. The lowest BCUT2D eigenvalue weighted by molar-refractivity contribution is -0.0368. The van der Waals surface area contributed by atoms with Gasteiger partial charge in [0, 0.05) is 17.3 Å². The second-order valence-corrected chi connectivity index (χ2v) is 5.68. The van der Waals surface area contributed by atoms with Gasteiger partial charge in [-0.3, -0.25) is 4.98 Å². The van der Waals surface area contributed by atoms with Gasteiger partial charge in [0.2, 0.25) is 0 Å². The highest BCUT2D eigenvalue weighted by Gasteiger charge is 2.21. The molecule has 1 saturated heterocycles. The van der Waals surface area contributed by atoms with E-state index in [4.69, 9.17) is 4.74 Å². The normalized spacial score (nSPS) is 20.9. The van der Waals surface area contributed by atoms with Crippen molar-refractivity contribution in [3.63, 3.8) is 0 Å². The van der Waals surface area contributed by atoms with Gasteiger partial charge in [0.05, 0.1) is 17.1 Å². The summed E-state index contributed by atoms with van der Waals surface area (Å²) in [6, 6.07) is 0. The molecule has 1 fully saturated rings. The third kappa shape index (κ3) is 2.02. The third-order valence-electron chi connectivity index (χ3n) is 2.96. The van der Waals surface area contributed by atoms with Gasteiger partial charge in [0.15, 0.2) is 6.23 Å². The van der Waals surface area contributed by atoms with E-state index in [2.05, 4.69) is 41.9 Å². The monoisotopic (exact) mass is 359 g/mol. The van der Waals surface area contributed by atoms with E-state index in [1.807, 2.05) is 10.9 Å². The number of ether oxygens (including phenoxy) is 1. The molecule has 0 saturated carbocycles. The fourth-order valence-corrected chi connectivity index (χ4v) is 3.50. The quantitative estimate of drug-likeness (QED) is 0.779. The van der Waals surface area contributed by atoms with E-state index in [0.29, 0.717) is 0 Å². The first-order valence-corrected chi connectivity index (χ1v) is 7.15. The molecule has 4 nitrogen and oxygen atoms in total. The maximum Gasteiger partial charge on any atom is 0.150 e. The van der Waals surface area contributed by atoms with Crippen LogP contribution in [0.15, 0.2) is 21.5 Å². The molecule has 1 unspecified atom stereocenters. The first kappa shape index (κ1) is 11.6. The SMILES string of the molecule is Brc1cncc2c1c(Br)nn2C1CCCCO1. The molecule has 3 rings (SSSR count). The highest BCUT2D eigenvalue weighted by molar-refractivity contribution is 9.11. The molecule has 1 atom stereocenters. The van der Waals surface area contributed by atoms with Crippen molar-refractivity contribution < 1.29 is 4.74 Å². The maximum absolute atomic E-state index is 5.76. The number of halogens is 2. The van der Waals surface area contributed by atoms with Gasteiger partial charge >= 0.3 is 0 Å². The lowest BCUT2D eigenvalue weighted by Gasteiger charge is -2.23. The summed E-state index contributed by atoms with van der Waals surface area (Å²) in [6.07, 6.45) is 6.98. The van der Waals surface area contributed by atoms with Crippen molar-refractivity contribution in [1.82, 2.24) is 14.8 Å². The molecular weight excluding hydrogens is 350 g/mol. The molecule has 0 radical (unpaired) electrons. The Labute approximate surface area is 116 Å². The van der Waals surface area contributed by atoms with Crippen molar-refractivity contribution in [3.05, 3.63) is 21.5 Å². The van der Waals surface area contributed by atoms with Gasteiger partial charge in [-0.2, -0.15) is 5.10 Å². The van der Waals surface area contributed by atoms with Crippen LogP contribution in [-0.2, 0) is 4.74 Å². The summed E-state index contributed by atoms with van der Waals surface area (Å²) in [7, 11) is 0. The van der Waals surface area contributed by atoms with Crippen LogP contribution < -0.4 is 0 Å². The van der Waals surface area contributed by atoms with E-state index in [1.54, 1.807) is 6.20 Å². The second-order valence-electron chi connectivity index (χ2n) is 4.07. The zero-order valence-electron chi connectivity index (χ0n) is 9.07. The minimum Gasteiger partial charge on any atom is -0.356 e. The Morgan fingerprint density at radius 1 is 1.29 bits per heavy atom. The van der Waals surface area contributed by atoms with E-state index in [-0.39, 0.29) is 6.23 Å². The lowest BCUT2D eigenvalue weighted by Crippen LogP contribution is -2.19. The van der Waals surface area contributed by atoms with E-state index in [0.717, 1.165) is 39.4 Å². The van der Waals surface area contributed by atoms with E-state index in [9.17, 15) is 0 Å². The van der Waals surface area contributed by atoms with Crippen molar-refractivity contribution >= 4 is 42.8 Å². The van der Waals surface area contributed by atoms with E-state index in [1.165, 1.54) is 6.42 Å². The van der Waals surface area contributed by atoms with Gasteiger partial charge in [-0.25, -0.2) is 4.68 Å². The van der Waals surface area contributed by atoms with Crippen LogP contribution in [0.3, 0.4) is 0 Å². The summed E-state index contributed by atoms with van der Waals surface area (Å²) in [4.78, 5) is 4.20. The summed E-state index contributed by atoms with van der Waals surface area (Å²) in [6.45, 7) is 0.811. The number of pyridine rings is 1. The molecule has 0 amide bonds. The molecular formula is C11H11Br2N3O. The van der Waals surface area contributed by atoms with Gasteiger partial charge in [0.25, 0.3) is 0 Å². The minimum atomic E-state index is 0.0358. The van der Waals surface area contributed by atoms with Gasteiger partial charge in [0.1, 0.15) is 4.60 Å². The van der Waals surface area contributed by atoms with Crippen LogP contribution in [0, 0.1) is 0 Å². The fourth-order valence-electron chi connectivity index (χ4n) is 2.14. The van der Waals surface area contributed by atoms with Gasteiger partial charge in [-0.1, -0.05) is 0 Å². The molecule has 17 heavy (non-hydrogen) atoms. The molecule has 6 heteroatoms. The highest BCUT2D eigenvalue weighted by atomic mass is 79.9. The standard InChI is InChI=1S/C11H11Br2N3O/c12-7-5-14-6-8-10(7)11(13)15-16(8)9-3-1-2-4-17-9/h5-6,9H,1-4H2. The van der Waals surface area contributed by atoms with Crippen LogP contribution in [0.5, 0.6) is 0 Å². The van der Waals surface area contributed by atoms with Crippen molar-refractivity contribution in [2.45, 2.75) is 25.5 Å². The Balaban J connectivity index is 2.13. The lowest BCUT2D eigenvalue weighted by atomic mass is 10.2. The number of aromatic nitrogens is 3. The largest absolute Gasteiger partial charge is 0.356 e. The number of fused-ring (bicyclic) bond motifs is 1. The molecule has 1 aliphatic heterocycles. The van der Waals surface area contributed by atoms with Crippen LogP contribution in [0.2, 0.25) is 0 Å². The average molecular weight is 361 g/mol. The molecule has 0 spiro atoms. The molecule has 0 N–H and O–H groups in total. The zero-order valence-corrected chi connectivity index (χ0v) is 12.2. The topological polar surface area (TPSA) is 39.9 Å². The molecule has 90 valence electrons. The molecule has 0 aliphatic carbocycles. The Morgan fingerprint density at radius 2 is 2.18 bits per heavy atom. The molecule has 2 aromatic rings. The van der Waals surface area contributed by atoms with Gasteiger partial charge in [-0.15, -0.1) is 0 Å². The van der Waals surface area contributed by atoms with Crippen molar-refractivity contribution in [2.75, 3.05) is 6.61 Å². The number of hydrogen-bond donors (Lipinski definition) is 0. The first-order valence-electron chi connectivity index (χ1n) is 5.56. The van der Waals surface area contributed by atoms with Crippen LogP contribution in [-0.4, -0.2) is 21.4 Å². The van der Waals surface area contributed by atoms with Crippen LogP contribution >= 0.6 is 31.9 Å². The summed E-state index contributed by atoms with van der Waals surface area (Å²) in [5.74, 6) is 0. The molecule has 2 aromatic heterocycles. The third-order valence-corrected chi connectivity index (χ3v) is 4.11. The second kappa shape index (κ2) is 4.66. The summed E-state index contributed by atoms with van der Waals surface area (Å²) < 4.78 is 9.47. The van der Waals surface area contributed by atoms with Crippen LogP contribution in [0.1, 0.15) is 25.5 Å². The average Bonchev–Trinajstić information content (AvgIpc) is 2.69. The summed E-state index contributed by atoms with van der Waals surface area (Å²) >= 11 is 6.99. The number of hydrogen-bond acceptors (Lipinski definition) is 3. The Kier molecular flexibility index (Phi) is 3.19.